The number of unbranched alkanes of at least 4 members (excludes halogenated alkanes) is 18. The van der Waals surface area contributed by atoms with Crippen LogP contribution in [0, 0.1) is 0 Å². The lowest BCUT2D eigenvalue weighted by molar-refractivity contribution is -0.161. The largest absolute Gasteiger partial charge is 0.472 e. The normalized spacial score (nSPS) is 14.3. The molecule has 0 radical (unpaired) electrons. The van der Waals surface area contributed by atoms with E-state index in [0.717, 1.165) is 57.8 Å². The van der Waals surface area contributed by atoms with Crippen LogP contribution in [0.5, 0.6) is 0 Å². The van der Waals surface area contributed by atoms with E-state index in [1.165, 1.54) is 64.2 Å². The highest BCUT2D eigenvalue weighted by Crippen LogP contribution is 2.43. The van der Waals surface area contributed by atoms with Gasteiger partial charge in [0.2, 0.25) is 0 Å². The van der Waals surface area contributed by atoms with Crippen molar-refractivity contribution in [3.8, 4) is 0 Å². The number of phosphoric acid groups is 1. The summed E-state index contributed by atoms with van der Waals surface area (Å²) >= 11 is 0. The van der Waals surface area contributed by atoms with Gasteiger partial charge in [-0.25, -0.2) is 4.57 Å². The van der Waals surface area contributed by atoms with Gasteiger partial charge >= 0.3 is 19.8 Å². The molecule has 0 bridgehead atoms. The lowest BCUT2D eigenvalue weighted by Gasteiger charge is -2.20. The van der Waals surface area contributed by atoms with Gasteiger partial charge in [-0.15, -0.1) is 0 Å². The van der Waals surface area contributed by atoms with Crippen molar-refractivity contribution in [2.24, 2.45) is 0 Å². The zero-order valence-electron chi connectivity index (χ0n) is 29.0. The number of rotatable bonds is 34. The van der Waals surface area contributed by atoms with E-state index in [2.05, 4.69) is 30.5 Å². The van der Waals surface area contributed by atoms with Crippen LogP contribution in [0.2, 0.25) is 0 Å². The molecule has 0 saturated heterocycles. The number of esters is 2. The minimum Gasteiger partial charge on any atom is -0.462 e. The average Bonchev–Trinajstić information content (AvgIpc) is 3.04. The maximum atomic E-state index is 12.5. The van der Waals surface area contributed by atoms with E-state index in [9.17, 15) is 24.2 Å². The zero-order chi connectivity index (χ0) is 34.1. The Bertz CT molecular complexity index is 791. The molecule has 0 rings (SSSR count). The SMILES string of the molecule is CCCCCC/C=C/CCCCCCCC(=O)O[C@H](COC(=O)CCCCCCCCCCCC)COP(=O)(O)OC[C@@H](O)CO. The first-order valence-electron chi connectivity index (χ1n) is 18.1. The summed E-state index contributed by atoms with van der Waals surface area (Å²) in [7, 11) is -4.60. The number of ether oxygens (including phenoxy) is 2. The molecule has 0 fully saturated rings. The Morgan fingerprint density at radius 2 is 1.07 bits per heavy atom. The van der Waals surface area contributed by atoms with Crippen molar-refractivity contribution < 1.29 is 47.8 Å². The van der Waals surface area contributed by atoms with Gasteiger partial charge in [-0.3, -0.25) is 18.6 Å². The number of aliphatic hydroxyl groups is 2. The van der Waals surface area contributed by atoms with E-state index in [1.807, 2.05) is 0 Å². The summed E-state index contributed by atoms with van der Waals surface area (Å²) in [6, 6.07) is 0. The second-order valence-corrected chi connectivity index (χ2v) is 13.7. The molecular formula is C35H67O10P. The minimum absolute atomic E-state index is 0.177. The Kier molecular flexibility index (Phi) is 31.4. The Labute approximate surface area is 279 Å². The highest BCUT2D eigenvalue weighted by atomic mass is 31.2. The number of carbonyl (C=O) groups is 2. The maximum Gasteiger partial charge on any atom is 0.472 e. The van der Waals surface area contributed by atoms with E-state index in [1.54, 1.807) is 0 Å². The fourth-order valence-electron chi connectivity index (χ4n) is 4.81. The van der Waals surface area contributed by atoms with E-state index in [-0.39, 0.29) is 19.4 Å². The number of phosphoric ester groups is 1. The lowest BCUT2D eigenvalue weighted by Crippen LogP contribution is -2.29. The average molecular weight is 679 g/mol. The molecule has 0 aromatic rings. The van der Waals surface area contributed by atoms with E-state index in [0.29, 0.717) is 12.8 Å². The monoisotopic (exact) mass is 678 g/mol. The van der Waals surface area contributed by atoms with Crippen molar-refractivity contribution >= 4 is 19.8 Å². The Morgan fingerprint density at radius 3 is 1.59 bits per heavy atom. The third kappa shape index (κ3) is 31.3. The smallest absolute Gasteiger partial charge is 0.462 e. The first-order chi connectivity index (χ1) is 22.2. The number of allylic oxidation sites excluding steroid dienone is 2. The molecule has 0 heterocycles. The topological polar surface area (TPSA) is 149 Å². The second-order valence-electron chi connectivity index (χ2n) is 12.3. The Balaban J connectivity index is 4.41. The summed E-state index contributed by atoms with van der Waals surface area (Å²) in [4.78, 5) is 34.7. The molecule has 3 atom stereocenters. The standard InChI is InChI=1S/C35H67O10P/c1-3-5-7-9-11-13-15-16-17-19-21-23-25-27-35(39)45-33(31-44-46(40,41)43-29-32(37)28-36)30-42-34(38)26-24-22-20-18-14-12-10-8-6-4-2/h13,15,32-33,36-37H,3-12,14,16-31H2,1-2H3,(H,40,41)/b15-13+/t32-,33+/m0/s1. The number of hydrogen-bond donors (Lipinski definition) is 3. The third-order valence-electron chi connectivity index (χ3n) is 7.67. The molecule has 10 nitrogen and oxygen atoms in total. The quantitative estimate of drug-likeness (QED) is 0.0262. The predicted molar refractivity (Wildman–Crippen MR) is 182 cm³/mol. The van der Waals surface area contributed by atoms with Crippen molar-refractivity contribution in [2.75, 3.05) is 26.4 Å². The summed E-state index contributed by atoms with van der Waals surface area (Å²) in [6.45, 7) is 2.32. The highest BCUT2D eigenvalue weighted by molar-refractivity contribution is 7.47. The number of aliphatic hydroxyl groups excluding tert-OH is 2. The molecule has 0 aliphatic carbocycles. The van der Waals surface area contributed by atoms with Crippen molar-refractivity contribution in [1.82, 2.24) is 0 Å². The fourth-order valence-corrected chi connectivity index (χ4v) is 5.60. The summed E-state index contributed by atoms with van der Waals surface area (Å²) in [6.07, 6.45) is 26.1. The molecule has 46 heavy (non-hydrogen) atoms. The molecule has 0 aromatic heterocycles. The van der Waals surface area contributed by atoms with Crippen molar-refractivity contribution in [2.45, 2.75) is 174 Å². The van der Waals surface area contributed by atoms with Gasteiger partial charge in [0.05, 0.1) is 19.8 Å². The van der Waals surface area contributed by atoms with Crippen LogP contribution in [0.3, 0.4) is 0 Å². The molecule has 0 aromatic carbocycles. The van der Waals surface area contributed by atoms with Crippen molar-refractivity contribution in [3.05, 3.63) is 12.2 Å². The molecule has 272 valence electrons. The summed E-state index contributed by atoms with van der Waals surface area (Å²) < 4.78 is 32.5. The highest BCUT2D eigenvalue weighted by Gasteiger charge is 2.27. The predicted octanol–water partition coefficient (Wildman–Crippen LogP) is 8.50. The Hall–Kier alpha value is -1.29. The number of carbonyl (C=O) groups excluding carboxylic acids is 2. The summed E-state index contributed by atoms with van der Waals surface area (Å²) in [5.74, 6) is -0.934. The van der Waals surface area contributed by atoms with E-state index in [4.69, 9.17) is 19.1 Å². The van der Waals surface area contributed by atoms with E-state index >= 15 is 0 Å². The van der Waals surface area contributed by atoms with Gasteiger partial charge in [-0.1, -0.05) is 122 Å². The molecule has 0 spiro atoms. The Morgan fingerprint density at radius 1 is 0.630 bits per heavy atom. The van der Waals surface area contributed by atoms with Gasteiger partial charge in [0.25, 0.3) is 0 Å². The fraction of sp³-hybridized carbons (Fsp3) is 0.886. The van der Waals surface area contributed by atoms with Crippen LogP contribution in [0.4, 0.5) is 0 Å². The molecule has 0 amide bonds. The maximum absolute atomic E-state index is 12.5. The third-order valence-corrected chi connectivity index (χ3v) is 8.62. The van der Waals surface area contributed by atoms with E-state index < -0.39 is 51.8 Å². The molecule has 11 heteroatoms. The minimum atomic E-state index is -4.60. The van der Waals surface area contributed by atoms with Crippen molar-refractivity contribution in [1.29, 1.82) is 0 Å². The molecule has 0 aliphatic rings. The van der Waals surface area contributed by atoms with Crippen LogP contribution in [0.1, 0.15) is 162 Å². The molecule has 0 saturated carbocycles. The zero-order valence-corrected chi connectivity index (χ0v) is 29.9. The van der Waals surface area contributed by atoms with Crippen LogP contribution in [0.15, 0.2) is 12.2 Å². The van der Waals surface area contributed by atoms with Gasteiger partial charge in [0, 0.05) is 12.8 Å². The van der Waals surface area contributed by atoms with Gasteiger partial charge in [-0.05, 0) is 38.5 Å². The first-order valence-corrected chi connectivity index (χ1v) is 19.6. The van der Waals surface area contributed by atoms with Crippen LogP contribution in [-0.4, -0.2) is 65.7 Å². The molecule has 3 N–H and O–H groups in total. The van der Waals surface area contributed by atoms with Gasteiger partial charge < -0.3 is 24.6 Å². The molecule has 1 unspecified atom stereocenters. The molecule has 0 aliphatic heterocycles. The summed E-state index contributed by atoms with van der Waals surface area (Å²) in [5, 5.41) is 18.2. The lowest BCUT2D eigenvalue weighted by atomic mass is 10.1. The van der Waals surface area contributed by atoms with Crippen LogP contribution >= 0.6 is 7.82 Å². The van der Waals surface area contributed by atoms with Crippen LogP contribution in [-0.2, 0) is 32.7 Å². The van der Waals surface area contributed by atoms with Gasteiger partial charge in [0.15, 0.2) is 6.10 Å². The molecular weight excluding hydrogens is 611 g/mol. The van der Waals surface area contributed by atoms with Gasteiger partial charge in [-0.2, -0.15) is 0 Å². The van der Waals surface area contributed by atoms with Crippen LogP contribution in [0.25, 0.3) is 0 Å². The first kappa shape index (κ1) is 44.7. The second kappa shape index (κ2) is 32.3. The number of hydrogen-bond acceptors (Lipinski definition) is 9. The summed E-state index contributed by atoms with van der Waals surface area (Å²) in [5.41, 5.74) is 0. The van der Waals surface area contributed by atoms with Crippen LogP contribution < -0.4 is 0 Å². The van der Waals surface area contributed by atoms with Crippen molar-refractivity contribution in [3.63, 3.8) is 0 Å². The van der Waals surface area contributed by atoms with Gasteiger partial charge in [0.1, 0.15) is 12.7 Å².